The summed E-state index contributed by atoms with van der Waals surface area (Å²) in [5, 5.41) is 1.83. The first-order valence-corrected chi connectivity index (χ1v) is 10.5. The summed E-state index contributed by atoms with van der Waals surface area (Å²) in [5.41, 5.74) is 1.45. The topological polar surface area (TPSA) is 79.0 Å². The number of benzene rings is 1. The van der Waals surface area contributed by atoms with E-state index >= 15 is 0 Å². The second-order valence-corrected chi connectivity index (χ2v) is 8.80. The maximum Gasteiger partial charge on any atom is 0.268 e. The van der Waals surface area contributed by atoms with E-state index in [2.05, 4.69) is 15.0 Å². The lowest BCUT2D eigenvalue weighted by Crippen LogP contribution is -2.29. The molecule has 6 nitrogen and oxygen atoms in total. The Bertz CT molecular complexity index is 1110. The third-order valence-electron chi connectivity index (χ3n) is 3.77. The molecule has 0 saturated heterocycles. The first-order chi connectivity index (χ1) is 12.6. The number of para-hydroxylation sites is 1. The fourth-order valence-corrected chi connectivity index (χ4v) is 5.19. The third kappa shape index (κ3) is 3.50. The van der Waals surface area contributed by atoms with Crippen LogP contribution in [0.15, 0.2) is 44.8 Å². The summed E-state index contributed by atoms with van der Waals surface area (Å²) in [5.74, 6) is 0.741. The lowest BCUT2D eigenvalue weighted by molar-refractivity contribution is -0.127. The highest BCUT2D eigenvalue weighted by atomic mass is 32.2. The molecule has 0 unspecified atom stereocenters. The number of aromatic amines is 1. The highest BCUT2D eigenvalue weighted by Gasteiger charge is 2.14. The molecule has 26 heavy (non-hydrogen) atoms. The molecule has 4 rings (SSSR count). The molecule has 0 fully saturated rings. The van der Waals surface area contributed by atoms with Crippen LogP contribution in [0.3, 0.4) is 0 Å². The average molecular weight is 403 g/mol. The van der Waals surface area contributed by atoms with E-state index in [9.17, 15) is 9.59 Å². The molecule has 9 heteroatoms. The van der Waals surface area contributed by atoms with E-state index in [1.54, 1.807) is 23.3 Å². The van der Waals surface area contributed by atoms with Gasteiger partial charge in [-0.05, 0) is 23.6 Å². The summed E-state index contributed by atoms with van der Waals surface area (Å²) in [4.78, 5) is 37.6. The minimum absolute atomic E-state index is 0.0395. The zero-order valence-electron chi connectivity index (χ0n) is 13.8. The molecule has 0 spiro atoms. The van der Waals surface area contributed by atoms with Crippen LogP contribution in [0.4, 0.5) is 0 Å². The van der Waals surface area contributed by atoms with Crippen molar-refractivity contribution >= 4 is 60.8 Å². The van der Waals surface area contributed by atoms with E-state index in [1.165, 1.54) is 23.1 Å². The number of hydrogen-bond donors (Lipinski definition) is 1. The fraction of sp³-hybridized carbons (Fsp3) is 0.176. The van der Waals surface area contributed by atoms with Crippen molar-refractivity contribution in [1.29, 1.82) is 0 Å². The second kappa shape index (κ2) is 7.18. The van der Waals surface area contributed by atoms with E-state index < -0.39 is 0 Å². The number of H-pyrrole nitrogens is 1. The van der Waals surface area contributed by atoms with Crippen LogP contribution < -0.4 is 5.56 Å². The SMILES string of the molecule is CN(Cc1nc2ccsc2c(=O)[nH]1)C(=O)CSc1nc2ccccc2s1. The third-order valence-corrected chi connectivity index (χ3v) is 6.84. The average Bonchev–Trinajstić information content (AvgIpc) is 3.25. The maximum atomic E-state index is 12.4. The quantitative estimate of drug-likeness (QED) is 0.518. The number of hydrogen-bond acceptors (Lipinski definition) is 7. The van der Waals surface area contributed by atoms with Gasteiger partial charge in [0.15, 0.2) is 4.34 Å². The van der Waals surface area contributed by atoms with Gasteiger partial charge < -0.3 is 9.88 Å². The van der Waals surface area contributed by atoms with Crippen molar-refractivity contribution in [2.75, 3.05) is 12.8 Å². The van der Waals surface area contributed by atoms with Crippen LogP contribution >= 0.6 is 34.4 Å². The van der Waals surface area contributed by atoms with Crippen molar-refractivity contribution in [3.63, 3.8) is 0 Å². The van der Waals surface area contributed by atoms with Crippen molar-refractivity contribution in [2.45, 2.75) is 10.9 Å². The predicted octanol–water partition coefficient (Wildman–Crippen LogP) is 3.35. The van der Waals surface area contributed by atoms with E-state index in [-0.39, 0.29) is 18.0 Å². The largest absolute Gasteiger partial charge is 0.338 e. The summed E-state index contributed by atoms with van der Waals surface area (Å²) in [7, 11) is 1.71. The smallest absolute Gasteiger partial charge is 0.268 e. The highest BCUT2D eigenvalue weighted by molar-refractivity contribution is 8.01. The molecular formula is C17H14N4O2S3. The molecule has 0 atom stereocenters. The normalized spacial score (nSPS) is 11.3. The number of fused-ring (bicyclic) bond motifs is 2. The number of carbonyl (C=O) groups excluding carboxylic acids is 1. The van der Waals surface area contributed by atoms with Crippen LogP contribution in [0, 0.1) is 0 Å². The van der Waals surface area contributed by atoms with Gasteiger partial charge in [0.2, 0.25) is 5.91 Å². The van der Waals surface area contributed by atoms with Gasteiger partial charge in [0.05, 0.1) is 28.0 Å². The summed E-state index contributed by atoms with van der Waals surface area (Å²) in [6.07, 6.45) is 0. The van der Waals surface area contributed by atoms with Gasteiger partial charge in [0.1, 0.15) is 10.5 Å². The minimum atomic E-state index is -0.162. The Labute approximate surface area is 160 Å². The highest BCUT2D eigenvalue weighted by Crippen LogP contribution is 2.29. The number of thiazole rings is 1. The Kier molecular flexibility index (Phi) is 4.75. The van der Waals surface area contributed by atoms with Crippen molar-refractivity contribution < 1.29 is 4.79 Å². The number of thioether (sulfide) groups is 1. The van der Waals surface area contributed by atoms with Gasteiger partial charge in [0, 0.05) is 7.05 Å². The van der Waals surface area contributed by atoms with Gasteiger partial charge in [-0.25, -0.2) is 9.97 Å². The lowest BCUT2D eigenvalue weighted by atomic mass is 10.3. The van der Waals surface area contributed by atoms with Crippen LogP contribution in [0.5, 0.6) is 0 Å². The number of nitrogens with one attached hydrogen (secondary N) is 1. The van der Waals surface area contributed by atoms with E-state index in [0.717, 1.165) is 14.6 Å². The molecule has 1 amide bonds. The van der Waals surface area contributed by atoms with Crippen LogP contribution in [-0.2, 0) is 11.3 Å². The van der Waals surface area contributed by atoms with Gasteiger partial charge >= 0.3 is 0 Å². The molecular weight excluding hydrogens is 388 g/mol. The van der Waals surface area contributed by atoms with Crippen molar-refractivity contribution in [3.8, 4) is 0 Å². The first-order valence-electron chi connectivity index (χ1n) is 7.79. The fourth-order valence-electron chi connectivity index (χ4n) is 2.46. The summed E-state index contributed by atoms with van der Waals surface area (Å²) >= 11 is 4.37. The van der Waals surface area contributed by atoms with Gasteiger partial charge in [-0.2, -0.15) is 0 Å². The second-order valence-electron chi connectivity index (χ2n) is 5.63. The minimum Gasteiger partial charge on any atom is -0.338 e. The molecule has 0 aliphatic rings. The lowest BCUT2D eigenvalue weighted by Gasteiger charge is -2.15. The molecule has 0 bridgehead atoms. The Morgan fingerprint density at radius 3 is 2.92 bits per heavy atom. The Hall–Kier alpha value is -2.23. The monoisotopic (exact) mass is 402 g/mol. The van der Waals surface area contributed by atoms with Crippen molar-refractivity contribution in [2.24, 2.45) is 0 Å². The standard InChI is InChI=1S/C17H14N4O2S3/c1-21(8-13-18-11-6-7-24-15(11)16(23)20-13)14(22)9-25-17-19-10-4-2-3-5-12(10)26-17/h2-7H,8-9H2,1H3,(H,18,20,23). The number of amides is 1. The van der Waals surface area contributed by atoms with Crippen LogP contribution in [0.2, 0.25) is 0 Å². The van der Waals surface area contributed by atoms with Crippen LogP contribution in [0.1, 0.15) is 5.82 Å². The van der Waals surface area contributed by atoms with Gasteiger partial charge in [0.25, 0.3) is 5.56 Å². The van der Waals surface area contributed by atoms with Crippen LogP contribution in [0.25, 0.3) is 20.4 Å². The van der Waals surface area contributed by atoms with Crippen molar-refractivity contribution in [1.82, 2.24) is 19.9 Å². The summed E-state index contributed by atoms with van der Waals surface area (Å²) in [6.45, 7) is 0.264. The molecule has 0 radical (unpaired) electrons. The number of thiophene rings is 1. The summed E-state index contributed by atoms with van der Waals surface area (Å²) in [6, 6.07) is 9.73. The number of aromatic nitrogens is 3. The van der Waals surface area contributed by atoms with E-state index in [1.807, 2.05) is 35.7 Å². The molecule has 0 aliphatic carbocycles. The predicted molar refractivity (Wildman–Crippen MR) is 107 cm³/mol. The number of nitrogens with zero attached hydrogens (tertiary/aromatic N) is 3. The van der Waals surface area contributed by atoms with Gasteiger partial charge in [-0.3, -0.25) is 9.59 Å². The zero-order valence-corrected chi connectivity index (χ0v) is 16.2. The zero-order chi connectivity index (χ0) is 18.1. The molecule has 4 aromatic rings. The van der Waals surface area contributed by atoms with Gasteiger partial charge in [-0.15, -0.1) is 22.7 Å². The summed E-state index contributed by atoms with van der Waals surface area (Å²) < 4.78 is 2.59. The molecule has 0 aliphatic heterocycles. The molecule has 1 aromatic carbocycles. The van der Waals surface area contributed by atoms with Crippen LogP contribution in [-0.4, -0.2) is 38.6 Å². The van der Waals surface area contributed by atoms with Gasteiger partial charge in [-0.1, -0.05) is 23.9 Å². The molecule has 1 N–H and O–H groups in total. The molecule has 132 valence electrons. The molecule has 0 saturated carbocycles. The Morgan fingerprint density at radius 1 is 1.23 bits per heavy atom. The van der Waals surface area contributed by atoms with E-state index in [4.69, 9.17) is 0 Å². The first kappa shape index (κ1) is 17.2. The molecule has 3 aromatic heterocycles. The number of rotatable bonds is 5. The Balaban J connectivity index is 1.41. The molecule has 3 heterocycles. The Morgan fingerprint density at radius 2 is 2.08 bits per heavy atom. The number of carbonyl (C=O) groups is 1. The van der Waals surface area contributed by atoms with E-state index in [0.29, 0.717) is 21.8 Å². The maximum absolute atomic E-state index is 12.4. The van der Waals surface area contributed by atoms with Crippen molar-refractivity contribution in [3.05, 3.63) is 51.9 Å².